The predicted molar refractivity (Wildman–Crippen MR) is 87.3 cm³/mol. The highest BCUT2D eigenvalue weighted by atomic mass is 32.1. The molecule has 7 heteroatoms. The number of benzene rings is 1. The molecule has 0 bridgehead atoms. The van der Waals surface area contributed by atoms with Gasteiger partial charge >= 0.3 is 0 Å². The average molecular weight is 326 g/mol. The van der Waals surface area contributed by atoms with E-state index in [4.69, 9.17) is 4.74 Å². The Labute approximate surface area is 137 Å². The summed E-state index contributed by atoms with van der Waals surface area (Å²) in [6, 6.07) is 7.02. The van der Waals surface area contributed by atoms with Crippen molar-refractivity contribution in [2.75, 3.05) is 0 Å². The largest absolute Gasteiger partial charge is 0.486 e. The minimum Gasteiger partial charge on any atom is -0.486 e. The normalized spacial score (nSPS) is 11.0. The van der Waals surface area contributed by atoms with E-state index >= 15 is 0 Å². The maximum absolute atomic E-state index is 12.1. The smallest absolute Gasteiger partial charge is 0.185 e. The van der Waals surface area contributed by atoms with Crippen LogP contribution in [0.15, 0.2) is 48.1 Å². The number of aromatic nitrogens is 4. The predicted octanol–water partition coefficient (Wildman–Crippen LogP) is 2.75. The van der Waals surface area contributed by atoms with Gasteiger partial charge in [0.1, 0.15) is 18.2 Å². The number of carbonyl (C=O) groups excluding carboxylic acids is 1. The van der Waals surface area contributed by atoms with E-state index in [1.54, 1.807) is 41.9 Å². The van der Waals surface area contributed by atoms with Crippen LogP contribution in [0.4, 0.5) is 0 Å². The van der Waals surface area contributed by atoms with E-state index in [1.807, 2.05) is 17.8 Å². The lowest BCUT2D eigenvalue weighted by atomic mass is 10.1. The molecule has 0 aliphatic heterocycles. The molecule has 2 aromatic heterocycles. The van der Waals surface area contributed by atoms with Gasteiger partial charge in [-0.2, -0.15) is 0 Å². The van der Waals surface area contributed by atoms with Gasteiger partial charge < -0.3 is 9.30 Å². The quantitative estimate of drug-likeness (QED) is 0.514. The highest BCUT2D eigenvalue weighted by Crippen LogP contribution is 2.15. The van der Waals surface area contributed by atoms with Gasteiger partial charge in [0.15, 0.2) is 5.78 Å². The van der Waals surface area contributed by atoms with Crippen LogP contribution in [0.2, 0.25) is 0 Å². The topological polar surface area (TPSA) is 69.9 Å². The maximum atomic E-state index is 12.1. The second-order valence-electron chi connectivity index (χ2n) is 4.79. The first-order valence-corrected chi connectivity index (χ1v) is 7.74. The molecule has 1 aromatic carbocycles. The van der Waals surface area contributed by atoms with Crippen LogP contribution in [-0.2, 0) is 13.7 Å². The van der Waals surface area contributed by atoms with Gasteiger partial charge in [0.25, 0.3) is 0 Å². The van der Waals surface area contributed by atoms with Gasteiger partial charge in [0.2, 0.25) is 0 Å². The van der Waals surface area contributed by atoms with Crippen LogP contribution in [0.25, 0.3) is 6.08 Å². The number of hydrogen-bond acceptors (Lipinski definition) is 6. The van der Waals surface area contributed by atoms with Crippen molar-refractivity contribution in [3.05, 3.63) is 65.2 Å². The Bertz CT molecular complexity index is 807. The molecule has 0 aliphatic rings. The summed E-state index contributed by atoms with van der Waals surface area (Å²) in [6.45, 7) is 0.382. The van der Waals surface area contributed by atoms with Crippen molar-refractivity contribution in [2.45, 2.75) is 6.61 Å². The molecule has 0 aliphatic carbocycles. The van der Waals surface area contributed by atoms with E-state index in [1.165, 1.54) is 17.6 Å². The van der Waals surface area contributed by atoms with Crippen molar-refractivity contribution >= 4 is 23.4 Å². The van der Waals surface area contributed by atoms with Crippen molar-refractivity contribution < 1.29 is 9.53 Å². The Hall–Kier alpha value is -2.80. The SMILES string of the molecule is Cn1ccnc1COc1ccc(C(=O)C=Cc2csnn2)cc1. The number of hydrogen-bond donors (Lipinski definition) is 0. The molecule has 0 atom stereocenters. The minimum absolute atomic E-state index is 0.0892. The van der Waals surface area contributed by atoms with Crippen molar-refractivity contribution in [3.63, 3.8) is 0 Å². The van der Waals surface area contributed by atoms with Crippen LogP contribution in [-0.4, -0.2) is 24.9 Å². The third-order valence-corrected chi connectivity index (χ3v) is 3.73. The maximum Gasteiger partial charge on any atom is 0.185 e. The number of allylic oxidation sites excluding steroid dienone is 1. The first-order valence-electron chi connectivity index (χ1n) is 6.91. The average Bonchev–Trinajstić information content (AvgIpc) is 3.23. The van der Waals surface area contributed by atoms with Gasteiger partial charge in [0, 0.05) is 30.4 Å². The lowest BCUT2D eigenvalue weighted by Gasteiger charge is -2.06. The summed E-state index contributed by atoms with van der Waals surface area (Å²) < 4.78 is 11.3. The second-order valence-corrected chi connectivity index (χ2v) is 5.40. The van der Waals surface area contributed by atoms with Gasteiger partial charge in [-0.15, -0.1) is 5.10 Å². The molecule has 0 fully saturated rings. The van der Waals surface area contributed by atoms with Crippen molar-refractivity contribution in [2.24, 2.45) is 7.05 Å². The molecular weight excluding hydrogens is 312 g/mol. The standard InChI is InChI=1S/C16H14N4O2S/c1-20-9-8-17-16(20)10-22-14-5-2-12(3-6-14)15(21)7-4-13-11-23-19-18-13/h2-9,11H,10H2,1H3. The van der Waals surface area contributed by atoms with E-state index in [2.05, 4.69) is 14.6 Å². The molecule has 0 radical (unpaired) electrons. The monoisotopic (exact) mass is 326 g/mol. The number of aryl methyl sites for hydroxylation is 1. The van der Waals surface area contributed by atoms with Crippen LogP contribution < -0.4 is 4.74 Å². The molecule has 116 valence electrons. The van der Waals surface area contributed by atoms with Crippen LogP contribution in [0.3, 0.4) is 0 Å². The molecule has 0 unspecified atom stereocenters. The highest BCUT2D eigenvalue weighted by Gasteiger charge is 2.04. The molecule has 0 saturated heterocycles. The number of ketones is 1. The molecule has 0 amide bonds. The second kappa shape index (κ2) is 6.97. The third kappa shape index (κ3) is 3.89. The lowest BCUT2D eigenvalue weighted by Crippen LogP contribution is -2.03. The number of carbonyl (C=O) groups is 1. The Kier molecular flexibility index (Phi) is 4.58. The molecular formula is C16H14N4O2S. The summed E-state index contributed by atoms with van der Waals surface area (Å²) in [7, 11) is 1.91. The summed E-state index contributed by atoms with van der Waals surface area (Å²) in [5.74, 6) is 1.44. The Balaban J connectivity index is 1.60. The fraction of sp³-hybridized carbons (Fsp3) is 0.125. The lowest BCUT2D eigenvalue weighted by molar-refractivity contribution is 0.104. The van der Waals surface area contributed by atoms with Gasteiger partial charge in [-0.3, -0.25) is 4.79 Å². The summed E-state index contributed by atoms with van der Waals surface area (Å²) >= 11 is 1.25. The fourth-order valence-electron chi connectivity index (χ4n) is 1.90. The molecule has 0 spiro atoms. The van der Waals surface area contributed by atoms with E-state index in [0.29, 0.717) is 23.6 Å². The van der Waals surface area contributed by atoms with Crippen molar-refractivity contribution in [1.82, 2.24) is 19.1 Å². The van der Waals surface area contributed by atoms with Crippen LogP contribution in [0.1, 0.15) is 21.9 Å². The molecule has 2 heterocycles. The Morgan fingerprint density at radius 2 is 2.17 bits per heavy atom. The van der Waals surface area contributed by atoms with Crippen LogP contribution in [0, 0.1) is 0 Å². The molecule has 6 nitrogen and oxygen atoms in total. The van der Waals surface area contributed by atoms with Crippen molar-refractivity contribution in [1.29, 1.82) is 0 Å². The number of ether oxygens (including phenoxy) is 1. The van der Waals surface area contributed by atoms with Crippen molar-refractivity contribution in [3.8, 4) is 5.75 Å². The van der Waals surface area contributed by atoms with E-state index < -0.39 is 0 Å². The zero-order valence-electron chi connectivity index (χ0n) is 12.4. The summed E-state index contributed by atoms with van der Waals surface area (Å²) in [4.78, 5) is 16.2. The zero-order valence-corrected chi connectivity index (χ0v) is 13.2. The van der Waals surface area contributed by atoms with Gasteiger partial charge in [-0.1, -0.05) is 4.49 Å². The minimum atomic E-state index is -0.0892. The number of rotatable bonds is 6. The third-order valence-electron chi connectivity index (χ3n) is 3.21. The molecule has 3 aromatic rings. The number of imidazole rings is 1. The summed E-state index contributed by atoms with van der Waals surface area (Å²) in [5, 5.41) is 5.63. The molecule has 0 N–H and O–H groups in total. The van der Waals surface area contributed by atoms with Gasteiger partial charge in [-0.05, 0) is 47.9 Å². The van der Waals surface area contributed by atoms with Crippen LogP contribution >= 0.6 is 11.5 Å². The van der Waals surface area contributed by atoms with Crippen LogP contribution in [0.5, 0.6) is 5.75 Å². The van der Waals surface area contributed by atoms with Gasteiger partial charge in [-0.25, -0.2) is 4.98 Å². The summed E-state index contributed by atoms with van der Waals surface area (Å²) in [6.07, 6.45) is 6.73. The molecule has 0 saturated carbocycles. The first kappa shape index (κ1) is 15.1. The zero-order chi connectivity index (χ0) is 16.1. The highest BCUT2D eigenvalue weighted by molar-refractivity contribution is 7.03. The molecule has 3 rings (SSSR count). The van der Waals surface area contributed by atoms with E-state index in [0.717, 1.165) is 5.82 Å². The summed E-state index contributed by atoms with van der Waals surface area (Å²) in [5.41, 5.74) is 1.27. The first-order chi connectivity index (χ1) is 11.2. The van der Waals surface area contributed by atoms with Gasteiger partial charge in [0.05, 0.1) is 5.69 Å². The Morgan fingerprint density at radius 1 is 1.35 bits per heavy atom. The van der Waals surface area contributed by atoms with E-state index in [-0.39, 0.29) is 5.78 Å². The number of nitrogens with zero attached hydrogens (tertiary/aromatic N) is 4. The molecule has 23 heavy (non-hydrogen) atoms. The Morgan fingerprint density at radius 3 is 2.83 bits per heavy atom. The fourth-order valence-corrected chi connectivity index (χ4v) is 2.32. The van der Waals surface area contributed by atoms with E-state index in [9.17, 15) is 4.79 Å².